The van der Waals surface area contributed by atoms with Crippen molar-refractivity contribution in [2.75, 3.05) is 0 Å². The molecule has 0 aliphatic rings. The first-order valence-corrected chi connectivity index (χ1v) is 3.41. The molecule has 5 heteroatoms. The number of aromatic nitrogens is 1. The summed E-state index contributed by atoms with van der Waals surface area (Å²) in [5.41, 5.74) is 0. The predicted octanol–water partition coefficient (Wildman–Crippen LogP) is 2.03. The number of nitrogens with zero attached hydrogens (tertiary/aromatic N) is 1. The fourth-order valence-electron chi connectivity index (χ4n) is 0.409. The second-order valence-electron chi connectivity index (χ2n) is 1.43. The molecule has 0 saturated heterocycles. The summed E-state index contributed by atoms with van der Waals surface area (Å²) >= 11 is 15.1. The molecule has 0 unspecified atom stereocenters. The Kier molecular flexibility index (Phi) is 5.38. The van der Waals surface area contributed by atoms with Crippen molar-refractivity contribution in [1.29, 1.82) is 0 Å². The van der Waals surface area contributed by atoms with Crippen LogP contribution in [-0.4, -0.2) is 34.5 Å². The molecule has 0 radical (unpaired) electrons. The summed E-state index contributed by atoms with van der Waals surface area (Å²) in [4.78, 5) is 4.37. The van der Waals surface area contributed by atoms with E-state index in [4.69, 9.17) is 23.2 Å². The van der Waals surface area contributed by atoms with Gasteiger partial charge in [-0.25, -0.2) is 4.98 Å². The number of hydrogen-bond donors (Lipinski definition) is 1. The van der Waals surface area contributed by atoms with Gasteiger partial charge in [-0.05, 0) is 6.07 Å². The molecule has 0 spiro atoms. The van der Waals surface area contributed by atoms with Crippen molar-refractivity contribution in [2.45, 2.75) is 4.90 Å². The SMILES string of the molecule is Sc1ccnc(Cl)c1Cl.[NaH]. The molecule has 0 N–H and O–H groups in total. The van der Waals surface area contributed by atoms with Gasteiger partial charge < -0.3 is 0 Å². The fraction of sp³-hybridized carbons (Fsp3) is 0. The first-order chi connectivity index (χ1) is 4.22. The second-order valence-corrected chi connectivity index (χ2v) is 2.65. The van der Waals surface area contributed by atoms with Gasteiger partial charge in [0.15, 0.2) is 0 Å². The molecule has 1 aromatic rings. The van der Waals surface area contributed by atoms with E-state index in [0.717, 1.165) is 0 Å². The van der Waals surface area contributed by atoms with E-state index in [1.807, 2.05) is 0 Å². The van der Waals surface area contributed by atoms with Crippen molar-refractivity contribution in [3.05, 3.63) is 22.4 Å². The maximum atomic E-state index is 5.61. The first-order valence-electron chi connectivity index (χ1n) is 2.21. The molecule has 0 amide bonds. The molecular weight excluding hydrogens is 200 g/mol. The van der Waals surface area contributed by atoms with Gasteiger partial charge in [0.1, 0.15) is 5.15 Å². The molecular formula is C5H4Cl2NNaS. The third kappa shape index (κ3) is 2.61. The third-order valence-corrected chi connectivity index (χ3v) is 2.10. The van der Waals surface area contributed by atoms with Gasteiger partial charge in [-0.2, -0.15) is 0 Å². The summed E-state index contributed by atoms with van der Waals surface area (Å²) in [6.07, 6.45) is 1.55. The predicted molar refractivity (Wildman–Crippen MR) is 48.7 cm³/mol. The quantitative estimate of drug-likeness (QED) is 0.387. The Hall–Kier alpha value is 1.08. The summed E-state index contributed by atoms with van der Waals surface area (Å²) in [6.45, 7) is 0. The molecule has 0 fully saturated rings. The molecule has 0 aromatic carbocycles. The van der Waals surface area contributed by atoms with Gasteiger partial charge in [-0.1, -0.05) is 23.2 Å². The summed E-state index contributed by atoms with van der Waals surface area (Å²) < 4.78 is 0. The molecule has 0 atom stereocenters. The fourth-order valence-corrected chi connectivity index (χ4v) is 0.917. The van der Waals surface area contributed by atoms with E-state index >= 15 is 0 Å². The summed E-state index contributed by atoms with van der Waals surface area (Å²) in [5.74, 6) is 0. The zero-order valence-electron chi connectivity index (χ0n) is 4.31. The average Bonchev–Trinajstić information content (AvgIpc) is 1.83. The molecule has 0 aliphatic heterocycles. The normalized spacial score (nSPS) is 8.70. The van der Waals surface area contributed by atoms with Crippen molar-refractivity contribution in [1.82, 2.24) is 4.98 Å². The summed E-state index contributed by atoms with van der Waals surface area (Å²) in [6, 6.07) is 1.68. The van der Waals surface area contributed by atoms with Crippen molar-refractivity contribution >= 4 is 65.4 Å². The van der Waals surface area contributed by atoms with Gasteiger partial charge in [-0.3, -0.25) is 0 Å². The topological polar surface area (TPSA) is 12.9 Å². The van der Waals surface area contributed by atoms with Gasteiger partial charge in [0.2, 0.25) is 0 Å². The molecule has 50 valence electrons. The van der Waals surface area contributed by atoms with Gasteiger partial charge in [0.05, 0.1) is 5.02 Å². The van der Waals surface area contributed by atoms with E-state index < -0.39 is 0 Å². The summed E-state index contributed by atoms with van der Waals surface area (Å²) in [7, 11) is 0. The Morgan fingerprint density at radius 2 is 2.00 bits per heavy atom. The van der Waals surface area contributed by atoms with Crippen molar-refractivity contribution in [3.8, 4) is 0 Å². The number of pyridine rings is 1. The van der Waals surface area contributed by atoms with E-state index in [0.29, 0.717) is 15.1 Å². The Morgan fingerprint density at radius 1 is 1.40 bits per heavy atom. The maximum absolute atomic E-state index is 5.61. The molecule has 1 heterocycles. The van der Waals surface area contributed by atoms with Gasteiger partial charge >= 0.3 is 29.6 Å². The van der Waals surface area contributed by atoms with Gasteiger partial charge in [0.25, 0.3) is 0 Å². The molecule has 0 aliphatic carbocycles. The van der Waals surface area contributed by atoms with Crippen LogP contribution in [0.4, 0.5) is 0 Å². The zero-order chi connectivity index (χ0) is 6.85. The standard InChI is InChI=1S/C5H3Cl2NS.Na.H/c6-4-3(9)1-2-8-5(4)7;;/h1-2H,(H,8,9);;. The zero-order valence-corrected chi connectivity index (χ0v) is 6.71. The van der Waals surface area contributed by atoms with Crippen LogP contribution in [0.2, 0.25) is 10.2 Å². The van der Waals surface area contributed by atoms with Crippen LogP contribution in [0.25, 0.3) is 0 Å². The minimum absolute atomic E-state index is 0. The Morgan fingerprint density at radius 3 is 2.40 bits per heavy atom. The molecule has 1 rings (SSSR count). The van der Waals surface area contributed by atoms with Crippen LogP contribution in [0.1, 0.15) is 0 Å². The van der Waals surface area contributed by atoms with E-state index in [2.05, 4.69) is 17.6 Å². The van der Waals surface area contributed by atoms with E-state index in [1.54, 1.807) is 12.3 Å². The van der Waals surface area contributed by atoms with Crippen molar-refractivity contribution in [3.63, 3.8) is 0 Å². The van der Waals surface area contributed by atoms with Crippen LogP contribution in [0.15, 0.2) is 17.2 Å². The molecule has 0 bridgehead atoms. The average molecular weight is 204 g/mol. The molecule has 1 aromatic heterocycles. The number of thiol groups is 1. The van der Waals surface area contributed by atoms with Crippen LogP contribution in [-0.2, 0) is 0 Å². The molecule has 1 nitrogen and oxygen atoms in total. The Bertz CT molecular complexity index is 211. The Labute approximate surface area is 96.8 Å². The van der Waals surface area contributed by atoms with E-state index in [1.165, 1.54) is 0 Å². The van der Waals surface area contributed by atoms with Crippen LogP contribution in [0.5, 0.6) is 0 Å². The first kappa shape index (κ1) is 11.1. The molecule has 0 saturated carbocycles. The Balaban J connectivity index is 0.000000810. The van der Waals surface area contributed by atoms with E-state index in [9.17, 15) is 0 Å². The van der Waals surface area contributed by atoms with Crippen LogP contribution in [0, 0.1) is 0 Å². The van der Waals surface area contributed by atoms with Crippen LogP contribution < -0.4 is 0 Å². The number of hydrogen-bond acceptors (Lipinski definition) is 2. The van der Waals surface area contributed by atoms with Gasteiger partial charge in [0, 0.05) is 11.1 Å². The monoisotopic (exact) mass is 203 g/mol. The summed E-state index contributed by atoms with van der Waals surface area (Å²) in [5, 5.41) is 0.701. The number of halogens is 2. The van der Waals surface area contributed by atoms with E-state index in [-0.39, 0.29) is 29.6 Å². The van der Waals surface area contributed by atoms with Crippen LogP contribution in [0.3, 0.4) is 0 Å². The van der Waals surface area contributed by atoms with Crippen molar-refractivity contribution in [2.24, 2.45) is 0 Å². The minimum atomic E-state index is 0. The second kappa shape index (κ2) is 4.86. The van der Waals surface area contributed by atoms with Gasteiger partial charge in [-0.15, -0.1) is 12.6 Å². The van der Waals surface area contributed by atoms with Crippen LogP contribution >= 0.6 is 35.8 Å². The number of rotatable bonds is 0. The third-order valence-electron chi connectivity index (χ3n) is 0.826. The molecule has 10 heavy (non-hydrogen) atoms. The van der Waals surface area contributed by atoms with Crippen molar-refractivity contribution < 1.29 is 0 Å².